The van der Waals surface area contributed by atoms with Crippen molar-refractivity contribution >= 4 is 5.97 Å². The fourth-order valence-electron chi connectivity index (χ4n) is 2.16. The topological polar surface area (TPSA) is 52.3 Å². The molecule has 0 aliphatic rings. The molecule has 0 bridgehead atoms. The molecule has 0 saturated carbocycles. The van der Waals surface area contributed by atoms with Gasteiger partial charge in [0.15, 0.2) is 0 Å². The molecule has 0 radical (unpaired) electrons. The van der Waals surface area contributed by atoms with Gasteiger partial charge in [-0.25, -0.2) is 0 Å². The maximum atomic E-state index is 11.9. The van der Waals surface area contributed by atoms with E-state index in [1.54, 1.807) is 0 Å². The number of aryl methyl sites for hydroxylation is 3. The Morgan fingerprint density at radius 1 is 1.26 bits per heavy atom. The van der Waals surface area contributed by atoms with Crippen LogP contribution in [0.15, 0.2) is 12.1 Å². The molecule has 1 aromatic rings. The van der Waals surface area contributed by atoms with Crippen molar-refractivity contribution in [3.05, 3.63) is 34.4 Å². The van der Waals surface area contributed by atoms with E-state index in [0.29, 0.717) is 6.61 Å². The first kappa shape index (κ1) is 15.7. The number of carbonyl (C=O) groups excluding carboxylic acids is 1. The first-order valence-corrected chi connectivity index (χ1v) is 6.85. The fourth-order valence-corrected chi connectivity index (χ4v) is 2.16. The maximum Gasteiger partial charge on any atom is 0.323 e. The molecule has 3 nitrogen and oxygen atoms in total. The van der Waals surface area contributed by atoms with Crippen LogP contribution in [0.1, 0.15) is 42.5 Å². The van der Waals surface area contributed by atoms with Crippen LogP contribution in [0, 0.1) is 26.7 Å². The molecule has 0 spiro atoms. The molecule has 0 aliphatic carbocycles. The molecule has 1 aromatic carbocycles. The fraction of sp³-hybridized carbons (Fsp3) is 0.562. The summed E-state index contributed by atoms with van der Waals surface area (Å²) in [6.45, 7) is 10.4. The second kappa shape index (κ2) is 6.71. The number of carbonyl (C=O) groups is 1. The SMILES string of the molecule is CCC(C)C(N)C(=O)OCc1c(C)cc(C)cc1C. The van der Waals surface area contributed by atoms with Gasteiger partial charge in [-0.15, -0.1) is 0 Å². The highest BCUT2D eigenvalue weighted by atomic mass is 16.5. The molecule has 1 rings (SSSR count). The highest BCUT2D eigenvalue weighted by Gasteiger charge is 2.21. The molecule has 0 fully saturated rings. The predicted octanol–water partition coefficient (Wildman–Crippen LogP) is 3.03. The number of hydrogen-bond acceptors (Lipinski definition) is 3. The molecule has 3 heteroatoms. The molecule has 0 aliphatic heterocycles. The number of nitrogens with two attached hydrogens (primary N) is 1. The van der Waals surface area contributed by atoms with E-state index in [1.165, 1.54) is 5.56 Å². The Labute approximate surface area is 116 Å². The summed E-state index contributed by atoms with van der Waals surface area (Å²) in [5.74, 6) is -0.165. The van der Waals surface area contributed by atoms with Crippen LogP contribution in [0.5, 0.6) is 0 Å². The lowest BCUT2D eigenvalue weighted by Gasteiger charge is -2.18. The molecule has 0 saturated heterocycles. The van der Waals surface area contributed by atoms with Crippen LogP contribution in [0.2, 0.25) is 0 Å². The zero-order valence-electron chi connectivity index (χ0n) is 12.6. The van der Waals surface area contributed by atoms with E-state index in [4.69, 9.17) is 10.5 Å². The van der Waals surface area contributed by atoms with Crippen molar-refractivity contribution in [1.29, 1.82) is 0 Å². The van der Waals surface area contributed by atoms with E-state index in [1.807, 2.05) is 27.7 Å². The van der Waals surface area contributed by atoms with Crippen LogP contribution >= 0.6 is 0 Å². The number of rotatable bonds is 5. The van der Waals surface area contributed by atoms with Gasteiger partial charge in [0.05, 0.1) is 0 Å². The third-order valence-electron chi connectivity index (χ3n) is 3.73. The summed E-state index contributed by atoms with van der Waals surface area (Å²) >= 11 is 0. The van der Waals surface area contributed by atoms with Crippen LogP contribution in [0.25, 0.3) is 0 Å². The summed E-state index contributed by atoms with van der Waals surface area (Å²) in [6, 6.07) is 3.67. The summed E-state index contributed by atoms with van der Waals surface area (Å²) < 4.78 is 5.35. The van der Waals surface area contributed by atoms with Gasteiger partial charge in [-0.3, -0.25) is 4.79 Å². The molecular weight excluding hydrogens is 238 g/mol. The molecule has 2 N–H and O–H groups in total. The maximum absolute atomic E-state index is 11.9. The highest BCUT2D eigenvalue weighted by molar-refractivity contribution is 5.75. The molecule has 19 heavy (non-hydrogen) atoms. The summed E-state index contributed by atoms with van der Waals surface area (Å²) in [5.41, 5.74) is 10.5. The number of hydrogen-bond donors (Lipinski definition) is 1. The van der Waals surface area contributed by atoms with Crippen LogP contribution in [-0.2, 0) is 16.1 Å². The second-order valence-electron chi connectivity index (χ2n) is 5.40. The Morgan fingerprint density at radius 3 is 2.26 bits per heavy atom. The van der Waals surface area contributed by atoms with Gasteiger partial charge in [0.25, 0.3) is 0 Å². The molecule has 106 valence electrons. The lowest BCUT2D eigenvalue weighted by Crippen LogP contribution is -2.37. The van der Waals surface area contributed by atoms with Crippen LogP contribution in [0.3, 0.4) is 0 Å². The van der Waals surface area contributed by atoms with E-state index in [0.717, 1.165) is 23.1 Å². The molecule has 2 atom stereocenters. The molecule has 0 heterocycles. The number of esters is 1. The van der Waals surface area contributed by atoms with E-state index in [2.05, 4.69) is 19.1 Å². The largest absolute Gasteiger partial charge is 0.460 e. The smallest absolute Gasteiger partial charge is 0.323 e. The zero-order valence-corrected chi connectivity index (χ0v) is 12.6. The van der Waals surface area contributed by atoms with Crippen LogP contribution < -0.4 is 5.73 Å². The van der Waals surface area contributed by atoms with E-state index in [9.17, 15) is 4.79 Å². The lowest BCUT2D eigenvalue weighted by atomic mass is 9.99. The quantitative estimate of drug-likeness (QED) is 0.831. The Balaban J connectivity index is 2.70. The van der Waals surface area contributed by atoms with Gasteiger partial charge < -0.3 is 10.5 Å². The van der Waals surface area contributed by atoms with Gasteiger partial charge in [-0.05, 0) is 43.4 Å². The van der Waals surface area contributed by atoms with Crippen molar-refractivity contribution in [2.45, 2.75) is 53.7 Å². The Bertz CT molecular complexity index is 431. The Morgan fingerprint density at radius 2 is 1.79 bits per heavy atom. The average Bonchev–Trinajstić information content (AvgIpc) is 2.35. The number of benzene rings is 1. The highest BCUT2D eigenvalue weighted by Crippen LogP contribution is 2.18. The van der Waals surface area contributed by atoms with Gasteiger partial charge in [-0.1, -0.05) is 38.0 Å². The Kier molecular flexibility index (Phi) is 5.55. The van der Waals surface area contributed by atoms with Gasteiger partial charge in [0.2, 0.25) is 0 Å². The minimum atomic E-state index is -0.531. The monoisotopic (exact) mass is 263 g/mol. The van der Waals surface area contributed by atoms with Crippen molar-refractivity contribution in [3.63, 3.8) is 0 Å². The van der Waals surface area contributed by atoms with E-state index in [-0.39, 0.29) is 11.9 Å². The lowest BCUT2D eigenvalue weighted by molar-refractivity contribution is -0.147. The number of ether oxygens (including phenoxy) is 1. The average molecular weight is 263 g/mol. The minimum Gasteiger partial charge on any atom is -0.460 e. The van der Waals surface area contributed by atoms with Gasteiger partial charge >= 0.3 is 5.97 Å². The van der Waals surface area contributed by atoms with Crippen molar-refractivity contribution in [3.8, 4) is 0 Å². The summed E-state index contributed by atoms with van der Waals surface area (Å²) in [7, 11) is 0. The minimum absolute atomic E-state index is 0.146. The van der Waals surface area contributed by atoms with Crippen LogP contribution in [0.4, 0.5) is 0 Å². The third-order valence-corrected chi connectivity index (χ3v) is 3.73. The van der Waals surface area contributed by atoms with Gasteiger partial charge in [-0.2, -0.15) is 0 Å². The van der Waals surface area contributed by atoms with Crippen LogP contribution in [-0.4, -0.2) is 12.0 Å². The van der Waals surface area contributed by atoms with Crippen molar-refractivity contribution < 1.29 is 9.53 Å². The molecule has 2 unspecified atom stereocenters. The molecule has 0 aromatic heterocycles. The Hall–Kier alpha value is -1.35. The van der Waals surface area contributed by atoms with E-state index < -0.39 is 6.04 Å². The van der Waals surface area contributed by atoms with Crippen molar-refractivity contribution in [1.82, 2.24) is 0 Å². The van der Waals surface area contributed by atoms with Crippen molar-refractivity contribution in [2.75, 3.05) is 0 Å². The summed E-state index contributed by atoms with van der Waals surface area (Å²) in [6.07, 6.45) is 0.874. The molecule has 0 amide bonds. The standard InChI is InChI=1S/C16H25NO2/c1-6-11(3)15(17)16(18)19-9-14-12(4)7-10(2)8-13(14)5/h7-8,11,15H,6,9,17H2,1-5H3. The third kappa shape index (κ3) is 4.06. The zero-order chi connectivity index (χ0) is 14.6. The summed E-state index contributed by atoms with van der Waals surface area (Å²) in [5, 5.41) is 0. The first-order chi connectivity index (χ1) is 8.86. The summed E-state index contributed by atoms with van der Waals surface area (Å²) in [4.78, 5) is 11.9. The molecular formula is C16H25NO2. The normalized spacial score (nSPS) is 14.0. The van der Waals surface area contributed by atoms with Gasteiger partial charge in [0, 0.05) is 0 Å². The second-order valence-corrected chi connectivity index (χ2v) is 5.40. The van der Waals surface area contributed by atoms with Crippen molar-refractivity contribution in [2.24, 2.45) is 11.7 Å². The van der Waals surface area contributed by atoms with E-state index >= 15 is 0 Å². The van der Waals surface area contributed by atoms with Gasteiger partial charge in [0.1, 0.15) is 12.6 Å². The predicted molar refractivity (Wildman–Crippen MR) is 77.9 cm³/mol. The first-order valence-electron chi connectivity index (χ1n) is 6.85.